The van der Waals surface area contributed by atoms with E-state index in [1.54, 1.807) is 5.32 Å². The molecule has 0 fully saturated rings. The van der Waals surface area contributed by atoms with E-state index in [0.717, 1.165) is 0 Å². The van der Waals surface area contributed by atoms with Crippen LogP contribution < -0.4 is 5.32 Å². The van der Waals surface area contributed by atoms with Crippen LogP contribution in [0.3, 0.4) is 0 Å². The second-order valence-electron chi connectivity index (χ2n) is 2.88. The first-order valence-corrected chi connectivity index (χ1v) is 4.50. The van der Waals surface area contributed by atoms with Crippen molar-refractivity contribution in [2.45, 2.75) is 12.8 Å². The van der Waals surface area contributed by atoms with E-state index in [4.69, 9.17) is 16.7 Å². The van der Waals surface area contributed by atoms with Gasteiger partial charge in [0.1, 0.15) is 0 Å². The fourth-order valence-electron chi connectivity index (χ4n) is 1.02. The van der Waals surface area contributed by atoms with E-state index < -0.39 is 18.7 Å². The van der Waals surface area contributed by atoms with Crippen LogP contribution in [0.5, 0.6) is 0 Å². The number of aliphatic hydroxyl groups excluding tert-OH is 1. The van der Waals surface area contributed by atoms with Gasteiger partial charge in [-0.15, -0.1) is 0 Å². The quantitative estimate of drug-likeness (QED) is 0.850. The zero-order chi connectivity index (χ0) is 12.3. The molecule has 7 heteroatoms. The summed E-state index contributed by atoms with van der Waals surface area (Å²) in [4.78, 5) is 10.7. The second-order valence-corrected chi connectivity index (χ2v) is 3.29. The Kier molecular flexibility index (Phi) is 3.77. The lowest BCUT2D eigenvalue weighted by atomic mass is 10.2. The highest BCUT2D eigenvalue weighted by molar-refractivity contribution is 6.34. The van der Waals surface area contributed by atoms with Crippen LogP contribution in [0.2, 0.25) is 5.02 Å². The topological polar surface area (TPSA) is 49.3 Å². The minimum absolute atomic E-state index is 0.0656. The molecule has 0 bridgehead atoms. The maximum Gasteiger partial charge on any atom is 0.471 e. The molecule has 0 aliphatic carbocycles. The smallest absolute Gasteiger partial charge is 0.392 e. The molecule has 1 amide bonds. The Morgan fingerprint density at radius 1 is 1.44 bits per heavy atom. The van der Waals surface area contributed by atoms with Gasteiger partial charge in [-0.3, -0.25) is 4.79 Å². The monoisotopic (exact) mass is 253 g/mol. The Labute approximate surface area is 93.8 Å². The van der Waals surface area contributed by atoms with E-state index in [2.05, 4.69) is 0 Å². The van der Waals surface area contributed by atoms with Crippen LogP contribution in [-0.4, -0.2) is 17.2 Å². The van der Waals surface area contributed by atoms with Crippen LogP contribution in [0.4, 0.5) is 18.9 Å². The Morgan fingerprint density at radius 2 is 2.06 bits per heavy atom. The zero-order valence-corrected chi connectivity index (χ0v) is 8.56. The molecule has 0 heterocycles. The minimum atomic E-state index is -4.99. The number of amides is 1. The minimum Gasteiger partial charge on any atom is -0.392 e. The number of carbonyl (C=O) groups is 1. The molecule has 16 heavy (non-hydrogen) atoms. The van der Waals surface area contributed by atoms with Gasteiger partial charge in [-0.25, -0.2) is 0 Å². The van der Waals surface area contributed by atoms with Crippen LogP contribution in [-0.2, 0) is 11.4 Å². The lowest BCUT2D eigenvalue weighted by Gasteiger charge is -2.12. The molecule has 0 aromatic heterocycles. The fourth-order valence-corrected chi connectivity index (χ4v) is 1.27. The number of nitrogens with one attached hydrogen (secondary N) is 1. The van der Waals surface area contributed by atoms with E-state index in [0.29, 0.717) is 0 Å². The van der Waals surface area contributed by atoms with Crippen molar-refractivity contribution in [2.75, 3.05) is 5.32 Å². The molecule has 0 unspecified atom stereocenters. The van der Waals surface area contributed by atoms with Crippen LogP contribution in [0.25, 0.3) is 0 Å². The Morgan fingerprint density at radius 3 is 2.56 bits per heavy atom. The zero-order valence-electron chi connectivity index (χ0n) is 7.81. The van der Waals surface area contributed by atoms with Gasteiger partial charge in [0.25, 0.3) is 0 Å². The summed E-state index contributed by atoms with van der Waals surface area (Å²) in [5.74, 6) is -2.13. The second kappa shape index (κ2) is 4.71. The van der Waals surface area contributed by atoms with Crippen LogP contribution >= 0.6 is 11.6 Å². The third-order valence-electron chi connectivity index (χ3n) is 1.77. The molecule has 3 nitrogen and oxygen atoms in total. The maximum absolute atomic E-state index is 12.0. The van der Waals surface area contributed by atoms with Crippen molar-refractivity contribution in [3.63, 3.8) is 0 Å². The number of benzene rings is 1. The van der Waals surface area contributed by atoms with E-state index in [1.807, 2.05) is 0 Å². The molecular weight excluding hydrogens is 247 g/mol. The highest BCUT2D eigenvalue weighted by Gasteiger charge is 2.39. The van der Waals surface area contributed by atoms with Crippen molar-refractivity contribution < 1.29 is 23.1 Å². The summed E-state index contributed by atoms with van der Waals surface area (Å²) in [5, 5.41) is 10.4. The van der Waals surface area contributed by atoms with Crippen molar-refractivity contribution in [2.24, 2.45) is 0 Å². The van der Waals surface area contributed by atoms with E-state index >= 15 is 0 Å². The maximum atomic E-state index is 12.0. The number of anilines is 1. The van der Waals surface area contributed by atoms with Crippen molar-refractivity contribution >= 4 is 23.2 Å². The highest BCUT2D eigenvalue weighted by Crippen LogP contribution is 2.28. The molecule has 0 spiro atoms. The molecule has 0 aliphatic rings. The van der Waals surface area contributed by atoms with E-state index in [1.165, 1.54) is 18.2 Å². The fraction of sp³-hybridized carbons (Fsp3) is 0.222. The van der Waals surface area contributed by atoms with Crippen LogP contribution in [0.15, 0.2) is 18.2 Å². The van der Waals surface area contributed by atoms with E-state index in [-0.39, 0.29) is 16.3 Å². The summed E-state index contributed by atoms with van der Waals surface area (Å²) in [7, 11) is 0. The standard InChI is InChI=1S/C9H7ClF3NO2/c10-6-3-1-2-5(4-15)7(6)14-8(16)9(11,12)13/h1-3,15H,4H2,(H,14,16). The molecule has 2 N–H and O–H groups in total. The number of para-hydroxylation sites is 1. The molecule has 0 aliphatic heterocycles. The molecular formula is C9H7ClF3NO2. The molecule has 0 atom stereocenters. The predicted octanol–water partition coefficient (Wildman–Crippen LogP) is 2.33. The molecule has 1 aromatic rings. The number of carbonyl (C=O) groups excluding carboxylic acids is 1. The van der Waals surface area contributed by atoms with Gasteiger partial charge in [0.2, 0.25) is 0 Å². The van der Waals surface area contributed by atoms with Crippen molar-refractivity contribution in [3.8, 4) is 0 Å². The summed E-state index contributed by atoms with van der Waals surface area (Å²) in [6, 6.07) is 4.13. The number of hydrogen-bond donors (Lipinski definition) is 2. The third kappa shape index (κ3) is 2.86. The number of aliphatic hydroxyl groups is 1. The van der Waals surface area contributed by atoms with Gasteiger partial charge in [-0.05, 0) is 6.07 Å². The largest absolute Gasteiger partial charge is 0.471 e. The Hall–Kier alpha value is -1.27. The SMILES string of the molecule is O=C(Nc1c(Cl)cccc1CO)C(F)(F)F. The average Bonchev–Trinajstić information content (AvgIpc) is 2.19. The molecule has 0 saturated carbocycles. The van der Waals surface area contributed by atoms with Crippen molar-refractivity contribution in [1.82, 2.24) is 0 Å². The van der Waals surface area contributed by atoms with Crippen LogP contribution in [0.1, 0.15) is 5.56 Å². The number of rotatable bonds is 2. The van der Waals surface area contributed by atoms with Gasteiger partial charge >= 0.3 is 12.1 Å². The van der Waals surface area contributed by atoms with Gasteiger partial charge in [0.15, 0.2) is 0 Å². The summed E-state index contributed by atoms with van der Waals surface area (Å²) in [5.41, 5.74) is -0.112. The molecule has 88 valence electrons. The Bertz CT molecular complexity index is 406. The first kappa shape index (κ1) is 12.8. The van der Waals surface area contributed by atoms with Gasteiger partial charge < -0.3 is 10.4 Å². The lowest BCUT2D eigenvalue weighted by molar-refractivity contribution is -0.167. The average molecular weight is 254 g/mol. The molecule has 0 radical (unpaired) electrons. The normalized spacial score (nSPS) is 11.3. The summed E-state index contributed by atoms with van der Waals surface area (Å²) in [6.45, 7) is -0.520. The van der Waals surface area contributed by atoms with Gasteiger partial charge in [-0.1, -0.05) is 23.7 Å². The molecule has 0 saturated heterocycles. The van der Waals surface area contributed by atoms with E-state index in [9.17, 15) is 18.0 Å². The van der Waals surface area contributed by atoms with Crippen molar-refractivity contribution in [1.29, 1.82) is 0 Å². The van der Waals surface area contributed by atoms with Crippen molar-refractivity contribution in [3.05, 3.63) is 28.8 Å². The predicted molar refractivity (Wildman–Crippen MR) is 52.1 cm³/mol. The van der Waals surface area contributed by atoms with Gasteiger partial charge in [0.05, 0.1) is 17.3 Å². The van der Waals surface area contributed by atoms with Gasteiger partial charge in [-0.2, -0.15) is 13.2 Å². The third-order valence-corrected chi connectivity index (χ3v) is 2.08. The number of hydrogen-bond acceptors (Lipinski definition) is 2. The molecule has 1 rings (SSSR count). The van der Waals surface area contributed by atoms with Crippen LogP contribution in [0, 0.1) is 0 Å². The number of alkyl halides is 3. The summed E-state index contributed by atoms with van der Waals surface area (Å²) >= 11 is 5.61. The summed E-state index contributed by atoms with van der Waals surface area (Å²) < 4.78 is 36.0. The number of halogens is 4. The van der Waals surface area contributed by atoms with Gasteiger partial charge in [0, 0.05) is 5.56 Å². The first-order valence-electron chi connectivity index (χ1n) is 4.12. The summed E-state index contributed by atoms with van der Waals surface area (Å²) in [6.07, 6.45) is -4.99. The molecule has 1 aromatic carbocycles. The highest BCUT2D eigenvalue weighted by atomic mass is 35.5. The first-order chi connectivity index (χ1) is 7.36. The lowest BCUT2D eigenvalue weighted by Crippen LogP contribution is -2.30. The Balaban J connectivity index is 3.01.